The van der Waals surface area contributed by atoms with E-state index in [0.29, 0.717) is 5.56 Å². The molecule has 0 aliphatic carbocycles. The van der Waals surface area contributed by atoms with E-state index < -0.39 is 23.6 Å². The van der Waals surface area contributed by atoms with Crippen LogP contribution in [0.1, 0.15) is 16.5 Å². The number of alkyl halides is 3. The van der Waals surface area contributed by atoms with Gasteiger partial charge in [0.25, 0.3) is 0 Å². The number of ether oxygens (including phenoxy) is 1. The first-order chi connectivity index (χ1) is 9.47. The van der Waals surface area contributed by atoms with Crippen LogP contribution in [0.3, 0.4) is 0 Å². The molecule has 0 aliphatic heterocycles. The third-order valence-electron chi connectivity index (χ3n) is 2.63. The molecular weight excluding hydrogens is 296 g/mol. The highest BCUT2D eigenvalue weighted by atomic mass is 35.5. The number of rotatable bonds is 4. The van der Waals surface area contributed by atoms with Crippen molar-refractivity contribution in [3.05, 3.63) is 65.2 Å². The smallest absolute Gasteiger partial charge is 0.387 e. The zero-order valence-corrected chi connectivity index (χ0v) is 10.8. The Bertz CT molecular complexity index is 586. The number of halogens is 5. The minimum absolute atomic E-state index is 0.0193. The summed E-state index contributed by atoms with van der Waals surface area (Å²) in [7, 11) is 0. The molecule has 0 heterocycles. The Morgan fingerprint density at radius 3 is 2.20 bits per heavy atom. The van der Waals surface area contributed by atoms with Gasteiger partial charge in [-0.15, -0.1) is 11.6 Å². The molecule has 0 bridgehead atoms. The van der Waals surface area contributed by atoms with Gasteiger partial charge in [-0.05, 0) is 35.9 Å². The average Bonchev–Trinajstić information content (AvgIpc) is 2.41. The van der Waals surface area contributed by atoms with Gasteiger partial charge in [0, 0.05) is 5.56 Å². The van der Waals surface area contributed by atoms with Crippen molar-refractivity contribution in [2.75, 3.05) is 0 Å². The van der Waals surface area contributed by atoms with Crippen LogP contribution < -0.4 is 4.74 Å². The fraction of sp³-hybridized carbons (Fsp3) is 0.143. The van der Waals surface area contributed by atoms with Gasteiger partial charge in [-0.1, -0.05) is 12.1 Å². The van der Waals surface area contributed by atoms with E-state index in [1.54, 1.807) is 0 Å². The van der Waals surface area contributed by atoms with Crippen LogP contribution in [0.2, 0.25) is 0 Å². The summed E-state index contributed by atoms with van der Waals surface area (Å²) in [5.41, 5.74) is 0.423. The Morgan fingerprint density at radius 1 is 0.950 bits per heavy atom. The van der Waals surface area contributed by atoms with Crippen molar-refractivity contribution in [2.45, 2.75) is 12.0 Å². The molecule has 6 heteroatoms. The lowest BCUT2D eigenvalue weighted by Crippen LogP contribution is -2.02. The molecular formula is C14H9ClF4O. The summed E-state index contributed by atoms with van der Waals surface area (Å²) in [5, 5.41) is -0.925. The van der Waals surface area contributed by atoms with E-state index >= 15 is 0 Å². The largest absolute Gasteiger partial charge is 0.435 e. The van der Waals surface area contributed by atoms with Crippen LogP contribution in [0.25, 0.3) is 0 Å². The third-order valence-corrected chi connectivity index (χ3v) is 3.12. The summed E-state index contributed by atoms with van der Waals surface area (Å²) in [6.45, 7) is -2.92. The number of benzene rings is 2. The van der Waals surface area contributed by atoms with E-state index in [4.69, 9.17) is 11.6 Å². The summed E-state index contributed by atoms with van der Waals surface area (Å²) >= 11 is 6.07. The molecule has 0 fully saturated rings. The van der Waals surface area contributed by atoms with Gasteiger partial charge in [-0.2, -0.15) is 8.78 Å². The van der Waals surface area contributed by atoms with Crippen LogP contribution in [-0.2, 0) is 0 Å². The Kier molecular flexibility index (Phi) is 4.49. The van der Waals surface area contributed by atoms with E-state index in [9.17, 15) is 17.6 Å². The molecule has 2 aromatic carbocycles. The van der Waals surface area contributed by atoms with Crippen molar-refractivity contribution in [3.63, 3.8) is 0 Å². The van der Waals surface area contributed by atoms with Gasteiger partial charge in [-0.3, -0.25) is 0 Å². The maximum absolute atomic E-state index is 13.6. The van der Waals surface area contributed by atoms with E-state index in [0.717, 1.165) is 18.2 Å². The summed E-state index contributed by atoms with van der Waals surface area (Å²) < 4.78 is 54.9. The first kappa shape index (κ1) is 14.7. The zero-order chi connectivity index (χ0) is 14.7. The standard InChI is InChI=1S/C14H9ClF4O/c15-13(11-7-9(16)3-6-12(11)17)8-1-4-10(5-2-8)20-14(18)19/h1-7,13-14H. The monoisotopic (exact) mass is 304 g/mol. The normalized spacial score (nSPS) is 12.5. The van der Waals surface area contributed by atoms with Gasteiger partial charge >= 0.3 is 6.61 Å². The first-order valence-electron chi connectivity index (χ1n) is 5.61. The quantitative estimate of drug-likeness (QED) is 0.577. The number of hydrogen-bond donors (Lipinski definition) is 0. The van der Waals surface area contributed by atoms with Crippen molar-refractivity contribution in [2.24, 2.45) is 0 Å². The second-order valence-corrected chi connectivity index (χ2v) is 4.41. The van der Waals surface area contributed by atoms with Gasteiger partial charge in [0.15, 0.2) is 0 Å². The number of hydrogen-bond acceptors (Lipinski definition) is 1. The molecule has 1 nitrogen and oxygen atoms in total. The predicted octanol–water partition coefficient (Wildman–Crippen LogP) is 4.89. The molecule has 0 spiro atoms. The van der Waals surface area contributed by atoms with Gasteiger partial charge < -0.3 is 4.74 Å². The molecule has 0 aliphatic rings. The highest BCUT2D eigenvalue weighted by molar-refractivity contribution is 6.22. The van der Waals surface area contributed by atoms with Crippen LogP contribution in [0.4, 0.5) is 17.6 Å². The SMILES string of the molecule is Fc1ccc(F)c(C(Cl)c2ccc(OC(F)F)cc2)c1. The van der Waals surface area contributed by atoms with E-state index in [2.05, 4.69) is 4.74 Å². The van der Waals surface area contributed by atoms with E-state index in [1.165, 1.54) is 24.3 Å². The topological polar surface area (TPSA) is 9.23 Å². The molecule has 1 atom stereocenters. The fourth-order valence-corrected chi connectivity index (χ4v) is 2.02. The van der Waals surface area contributed by atoms with Crippen LogP contribution in [0.5, 0.6) is 5.75 Å². The molecule has 0 saturated heterocycles. The van der Waals surface area contributed by atoms with Crippen LogP contribution in [0.15, 0.2) is 42.5 Å². The maximum Gasteiger partial charge on any atom is 0.387 e. The molecule has 106 valence electrons. The highest BCUT2D eigenvalue weighted by Crippen LogP contribution is 2.32. The Hall–Kier alpha value is -1.75. The minimum Gasteiger partial charge on any atom is -0.435 e. The van der Waals surface area contributed by atoms with Crippen molar-refractivity contribution in [1.29, 1.82) is 0 Å². The van der Waals surface area contributed by atoms with E-state index in [-0.39, 0.29) is 11.3 Å². The first-order valence-corrected chi connectivity index (χ1v) is 6.05. The second kappa shape index (κ2) is 6.13. The second-order valence-electron chi connectivity index (χ2n) is 3.98. The molecule has 0 saturated carbocycles. The summed E-state index contributed by atoms with van der Waals surface area (Å²) in [4.78, 5) is 0. The van der Waals surface area contributed by atoms with Crippen LogP contribution >= 0.6 is 11.6 Å². The van der Waals surface area contributed by atoms with Gasteiger partial charge in [0.1, 0.15) is 17.4 Å². The van der Waals surface area contributed by atoms with Crippen molar-refractivity contribution in [3.8, 4) is 5.75 Å². The van der Waals surface area contributed by atoms with Crippen LogP contribution in [-0.4, -0.2) is 6.61 Å². The molecule has 0 radical (unpaired) electrons. The summed E-state index contributed by atoms with van der Waals surface area (Å²) in [5.74, 6) is -1.28. The third kappa shape index (κ3) is 3.42. The molecule has 2 aromatic rings. The Morgan fingerprint density at radius 2 is 1.60 bits per heavy atom. The molecule has 0 N–H and O–H groups in total. The molecule has 2 rings (SSSR count). The Balaban J connectivity index is 2.24. The summed E-state index contributed by atoms with van der Waals surface area (Å²) in [6, 6.07) is 8.37. The summed E-state index contributed by atoms with van der Waals surface area (Å²) in [6.07, 6.45) is 0. The molecule has 1 unspecified atom stereocenters. The molecule has 0 amide bonds. The van der Waals surface area contributed by atoms with Crippen LogP contribution in [0, 0.1) is 11.6 Å². The average molecular weight is 305 g/mol. The fourth-order valence-electron chi connectivity index (χ4n) is 1.71. The highest BCUT2D eigenvalue weighted by Gasteiger charge is 2.16. The van der Waals surface area contributed by atoms with Gasteiger partial charge in [0.2, 0.25) is 0 Å². The van der Waals surface area contributed by atoms with Gasteiger partial charge in [-0.25, -0.2) is 8.78 Å². The minimum atomic E-state index is -2.92. The lowest BCUT2D eigenvalue weighted by atomic mass is 10.0. The Labute approximate surface area is 117 Å². The molecule has 0 aromatic heterocycles. The van der Waals surface area contributed by atoms with Crippen molar-refractivity contribution < 1.29 is 22.3 Å². The van der Waals surface area contributed by atoms with Crippen molar-refractivity contribution >= 4 is 11.6 Å². The van der Waals surface area contributed by atoms with Gasteiger partial charge in [0.05, 0.1) is 5.38 Å². The van der Waals surface area contributed by atoms with E-state index in [1.807, 2.05) is 0 Å². The molecule has 20 heavy (non-hydrogen) atoms. The maximum atomic E-state index is 13.6. The lowest BCUT2D eigenvalue weighted by molar-refractivity contribution is -0.0498. The zero-order valence-electron chi connectivity index (χ0n) is 9.99. The predicted molar refractivity (Wildman–Crippen MR) is 67.1 cm³/mol. The van der Waals surface area contributed by atoms with Crippen molar-refractivity contribution in [1.82, 2.24) is 0 Å². The lowest BCUT2D eigenvalue weighted by Gasteiger charge is -2.12.